The Kier molecular flexibility index (Phi) is 7.39. The Balaban J connectivity index is 1.43. The van der Waals surface area contributed by atoms with E-state index >= 15 is 0 Å². The van der Waals surface area contributed by atoms with Gasteiger partial charge in [-0.3, -0.25) is 9.79 Å². The van der Waals surface area contributed by atoms with Gasteiger partial charge >= 0.3 is 0 Å². The van der Waals surface area contributed by atoms with Crippen molar-refractivity contribution in [2.45, 2.75) is 25.1 Å². The number of aliphatic imine (C=N–C) groups is 1. The van der Waals surface area contributed by atoms with Crippen LogP contribution in [0.1, 0.15) is 22.3 Å². The molecule has 0 aliphatic carbocycles. The van der Waals surface area contributed by atoms with Crippen LogP contribution >= 0.6 is 46.3 Å². The highest BCUT2D eigenvalue weighted by Crippen LogP contribution is 2.32. The molecule has 0 saturated heterocycles. The minimum Gasteiger partial charge on any atom is -0.325 e. The molecule has 0 radical (unpaired) electrons. The van der Waals surface area contributed by atoms with Crippen molar-refractivity contribution in [2.24, 2.45) is 4.99 Å². The summed E-state index contributed by atoms with van der Waals surface area (Å²) in [5, 5.41) is 4.14. The standard InChI is InChI=1S/C25H21Cl2N3OS2/c1-14-9-15(2)24(16(3)10-14)30-23(31)13-32-25-29-21-8-7-17(11-22(21)33-25)28-12-18-19(26)5-4-6-20(18)27/h4-12H,13H2,1-3H3,(H,30,31). The van der Waals surface area contributed by atoms with Crippen LogP contribution in [0.2, 0.25) is 10.0 Å². The number of nitrogens with one attached hydrogen (secondary N) is 1. The molecule has 0 atom stereocenters. The highest BCUT2D eigenvalue weighted by molar-refractivity contribution is 8.01. The molecule has 1 N–H and O–H groups in total. The molecule has 8 heteroatoms. The summed E-state index contributed by atoms with van der Waals surface area (Å²) >= 11 is 15.4. The number of anilines is 1. The first-order valence-electron chi connectivity index (χ1n) is 10.2. The van der Waals surface area contributed by atoms with Crippen molar-refractivity contribution in [1.29, 1.82) is 0 Å². The largest absolute Gasteiger partial charge is 0.325 e. The van der Waals surface area contributed by atoms with Gasteiger partial charge < -0.3 is 5.32 Å². The van der Waals surface area contributed by atoms with Gasteiger partial charge in [0.15, 0.2) is 4.34 Å². The number of nitrogens with zero attached hydrogens (tertiary/aromatic N) is 2. The van der Waals surface area contributed by atoms with Crippen molar-refractivity contribution < 1.29 is 4.79 Å². The van der Waals surface area contributed by atoms with Crippen LogP contribution in [0.4, 0.5) is 11.4 Å². The molecule has 0 saturated carbocycles. The first kappa shape index (κ1) is 23.8. The van der Waals surface area contributed by atoms with Gasteiger partial charge in [0.05, 0.1) is 31.7 Å². The average molecular weight is 515 g/mol. The number of amides is 1. The normalized spacial score (nSPS) is 11.4. The SMILES string of the molecule is Cc1cc(C)c(NC(=O)CSc2nc3ccc(N=Cc4c(Cl)cccc4Cl)cc3s2)c(C)c1. The maximum Gasteiger partial charge on any atom is 0.234 e. The summed E-state index contributed by atoms with van der Waals surface area (Å²) in [5.74, 6) is 0.249. The molecule has 0 unspecified atom stereocenters. The number of aryl methyl sites for hydroxylation is 3. The molecule has 0 spiro atoms. The number of hydrogen-bond donors (Lipinski definition) is 1. The Labute approximate surface area is 211 Å². The van der Waals surface area contributed by atoms with Crippen molar-refractivity contribution in [3.63, 3.8) is 0 Å². The maximum absolute atomic E-state index is 12.5. The summed E-state index contributed by atoms with van der Waals surface area (Å²) in [6.07, 6.45) is 1.67. The van der Waals surface area contributed by atoms with E-state index in [0.29, 0.717) is 21.4 Å². The van der Waals surface area contributed by atoms with Gasteiger partial charge in [-0.15, -0.1) is 11.3 Å². The third kappa shape index (κ3) is 5.76. The molecule has 1 heterocycles. The van der Waals surface area contributed by atoms with Crippen molar-refractivity contribution in [3.05, 3.63) is 80.8 Å². The monoisotopic (exact) mass is 513 g/mol. The van der Waals surface area contributed by atoms with Gasteiger partial charge in [-0.1, -0.05) is 58.7 Å². The van der Waals surface area contributed by atoms with Crippen LogP contribution in [0, 0.1) is 20.8 Å². The quantitative estimate of drug-likeness (QED) is 0.209. The van der Waals surface area contributed by atoms with Gasteiger partial charge in [0, 0.05) is 17.5 Å². The molecule has 0 fully saturated rings. The first-order valence-corrected chi connectivity index (χ1v) is 12.7. The minimum absolute atomic E-state index is 0.0452. The summed E-state index contributed by atoms with van der Waals surface area (Å²) in [6.45, 7) is 6.07. The van der Waals surface area contributed by atoms with E-state index in [4.69, 9.17) is 23.2 Å². The number of halogens is 2. The summed E-state index contributed by atoms with van der Waals surface area (Å²) in [7, 11) is 0. The highest BCUT2D eigenvalue weighted by atomic mass is 35.5. The summed E-state index contributed by atoms with van der Waals surface area (Å²) < 4.78 is 1.84. The molecule has 1 aromatic heterocycles. The van der Waals surface area contributed by atoms with Crippen molar-refractivity contribution in [1.82, 2.24) is 4.98 Å². The number of thiazole rings is 1. The minimum atomic E-state index is -0.0452. The van der Waals surface area contributed by atoms with Gasteiger partial charge in [0.1, 0.15) is 0 Å². The van der Waals surface area contributed by atoms with E-state index in [1.807, 2.05) is 32.0 Å². The lowest BCUT2D eigenvalue weighted by Crippen LogP contribution is -2.15. The smallest absolute Gasteiger partial charge is 0.234 e. The molecule has 4 nitrogen and oxygen atoms in total. The topological polar surface area (TPSA) is 54.4 Å². The number of aromatic nitrogens is 1. The average Bonchev–Trinajstić information content (AvgIpc) is 3.17. The highest BCUT2D eigenvalue weighted by Gasteiger charge is 2.11. The molecule has 3 aromatic carbocycles. The molecule has 1 amide bonds. The van der Waals surface area contributed by atoms with Gasteiger partial charge in [-0.05, 0) is 62.2 Å². The Hall–Kier alpha value is -2.38. The van der Waals surface area contributed by atoms with Gasteiger partial charge in [-0.25, -0.2) is 4.98 Å². The molecule has 0 aliphatic rings. The van der Waals surface area contributed by atoms with Crippen molar-refractivity contribution >= 4 is 80.0 Å². The summed E-state index contributed by atoms with van der Waals surface area (Å²) in [5.41, 5.74) is 6.55. The molecule has 0 bridgehead atoms. The first-order chi connectivity index (χ1) is 15.8. The van der Waals surface area contributed by atoms with E-state index < -0.39 is 0 Å². The van der Waals surface area contributed by atoms with Crippen LogP contribution in [0.25, 0.3) is 10.2 Å². The Morgan fingerprint density at radius 2 is 1.79 bits per heavy atom. The zero-order valence-electron chi connectivity index (χ0n) is 18.3. The fraction of sp³-hybridized carbons (Fsp3) is 0.160. The van der Waals surface area contributed by atoms with E-state index in [1.54, 1.807) is 35.8 Å². The number of benzene rings is 3. The fourth-order valence-corrected chi connectivity index (χ4v) is 5.88. The number of rotatable bonds is 6. The van der Waals surface area contributed by atoms with E-state index in [1.165, 1.54) is 17.3 Å². The number of thioether (sulfide) groups is 1. The molecule has 4 rings (SSSR count). The molecule has 33 heavy (non-hydrogen) atoms. The lowest BCUT2D eigenvalue weighted by Gasteiger charge is -2.12. The van der Waals surface area contributed by atoms with Gasteiger partial charge in [0.25, 0.3) is 0 Å². The molecule has 4 aromatic rings. The van der Waals surface area contributed by atoms with E-state index in [2.05, 4.69) is 34.3 Å². The van der Waals surface area contributed by atoms with Crippen LogP contribution < -0.4 is 5.32 Å². The number of fused-ring (bicyclic) bond motifs is 1. The van der Waals surface area contributed by atoms with Crippen LogP contribution in [0.5, 0.6) is 0 Å². The van der Waals surface area contributed by atoms with Crippen LogP contribution in [0.3, 0.4) is 0 Å². The summed E-state index contributed by atoms with van der Waals surface area (Å²) in [6, 6.07) is 15.3. The second kappa shape index (κ2) is 10.3. The number of hydrogen-bond acceptors (Lipinski definition) is 5. The second-order valence-corrected chi connectivity index (χ2v) is 10.7. The maximum atomic E-state index is 12.5. The lowest BCUT2D eigenvalue weighted by atomic mass is 10.1. The predicted molar refractivity (Wildman–Crippen MR) is 143 cm³/mol. The third-order valence-corrected chi connectivity index (χ3v) is 7.78. The van der Waals surface area contributed by atoms with E-state index in [-0.39, 0.29) is 5.91 Å². The lowest BCUT2D eigenvalue weighted by molar-refractivity contribution is -0.113. The van der Waals surface area contributed by atoms with E-state index in [0.717, 1.165) is 37.1 Å². The molecular weight excluding hydrogens is 493 g/mol. The number of carbonyl (C=O) groups excluding carboxylic acids is 1. The van der Waals surface area contributed by atoms with Crippen molar-refractivity contribution in [2.75, 3.05) is 11.1 Å². The Bertz CT molecular complexity index is 1340. The molecule has 0 aliphatic heterocycles. The zero-order valence-corrected chi connectivity index (χ0v) is 21.4. The van der Waals surface area contributed by atoms with Crippen LogP contribution in [-0.2, 0) is 4.79 Å². The van der Waals surface area contributed by atoms with E-state index in [9.17, 15) is 4.79 Å². The van der Waals surface area contributed by atoms with Gasteiger partial charge in [-0.2, -0.15) is 0 Å². The zero-order chi connectivity index (χ0) is 23.5. The van der Waals surface area contributed by atoms with Gasteiger partial charge in [0.2, 0.25) is 5.91 Å². The summed E-state index contributed by atoms with van der Waals surface area (Å²) in [4.78, 5) is 21.7. The van der Waals surface area contributed by atoms with Crippen molar-refractivity contribution in [3.8, 4) is 0 Å². The van der Waals surface area contributed by atoms with Crippen LogP contribution in [-0.4, -0.2) is 22.9 Å². The Morgan fingerprint density at radius 3 is 2.48 bits per heavy atom. The number of carbonyl (C=O) groups is 1. The van der Waals surface area contributed by atoms with Crippen LogP contribution in [0.15, 0.2) is 57.9 Å². The second-order valence-electron chi connectivity index (χ2n) is 7.64. The Morgan fingerprint density at radius 1 is 1.09 bits per heavy atom. The predicted octanol–water partition coefficient (Wildman–Crippen LogP) is 8.01. The third-order valence-electron chi connectivity index (χ3n) is 4.96. The fourth-order valence-electron chi connectivity index (χ4n) is 3.49. The molecular formula is C25H21Cl2N3OS2. The molecule has 168 valence electrons.